The van der Waals surface area contributed by atoms with E-state index in [0.29, 0.717) is 5.92 Å². The Bertz CT molecular complexity index is 546. The lowest BCUT2D eigenvalue weighted by Crippen LogP contribution is -2.45. The van der Waals surface area contributed by atoms with Crippen molar-refractivity contribution in [1.29, 1.82) is 0 Å². The maximum absolute atomic E-state index is 12.0. The van der Waals surface area contributed by atoms with E-state index in [-0.39, 0.29) is 11.8 Å². The molecular weight excluding hydrogens is 302 g/mol. The van der Waals surface area contributed by atoms with Crippen LogP contribution in [0, 0.1) is 11.8 Å². The lowest BCUT2D eigenvalue weighted by molar-refractivity contribution is -0.121. The Hall–Kier alpha value is -1.62. The second-order valence-electron chi connectivity index (χ2n) is 7.74. The van der Waals surface area contributed by atoms with Crippen LogP contribution >= 0.6 is 0 Å². The number of hydrogen-bond donors (Lipinski definition) is 1. The number of amides is 1. The molecule has 0 aromatic carbocycles. The summed E-state index contributed by atoms with van der Waals surface area (Å²) >= 11 is 0. The molecule has 1 aromatic heterocycles. The van der Waals surface area contributed by atoms with Crippen LogP contribution in [0.2, 0.25) is 0 Å². The van der Waals surface area contributed by atoms with Gasteiger partial charge in [0, 0.05) is 26.1 Å². The maximum atomic E-state index is 12.0. The van der Waals surface area contributed by atoms with Crippen LogP contribution in [0.4, 0.5) is 11.5 Å². The van der Waals surface area contributed by atoms with Gasteiger partial charge in [-0.2, -0.15) is 0 Å². The van der Waals surface area contributed by atoms with Crippen LogP contribution in [0.3, 0.4) is 0 Å². The summed E-state index contributed by atoms with van der Waals surface area (Å²) in [4.78, 5) is 20.4. The number of anilines is 2. The number of piperidine rings is 1. The van der Waals surface area contributed by atoms with Gasteiger partial charge in [0.05, 0.1) is 17.5 Å². The molecule has 1 N–H and O–H groups in total. The third kappa shape index (κ3) is 4.47. The maximum Gasteiger partial charge on any atom is 0.229 e. The molecule has 1 fully saturated rings. The second kappa shape index (κ2) is 7.51. The van der Waals surface area contributed by atoms with Crippen molar-refractivity contribution in [1.82, 2.24) is 4.98 Å². The minimum Gasteiger partial charge on any atom is -0.390 e. The molecule has 5 heteroatoms. The zero-order valence-electron chi connectivity index (χ0n) is 15.6. The van der Waals surface area contributed by atoms with Crippen molar-refractivity contribution >= 4 is 17.4 Å². The fourth-order valence-corrected chi connectivity index (χ4v) is 3.39. The van der Waals surface area contributed by atoms with E-state index in [9.17, 15) is 9.90 Å². The van der Waals surface area contributed by atoms with E-state index in [4.69, 9.17) is 0 Å². The number of pyridine rings is 1. The Morgan fingerprint density at radius 1 is 1.29 bits per heavy atom. The van der Waals surface area contributed by atoms with Gasteiger partial charge >= 0.3 is 0 Å². The molecule has 1 aliphatic rings. The highest BCUT2D eigenvalue weighted by molar-refractivity contribution is 5.93. The molecule has 0 saturated carbocycles. The molecular formula is C19H31N3O2. The summed E-state index contributed by atoms with van der Waals surface area (Å²) in [5.74, 6) is 1.47. The molecule has 2 heterocycles. The third-order valence-corrected chi connectivity index (χ3v) is 4.75. The van der Waals surface area contributed by atoms with Crippen molar-refractivity contribution < 1.29 is 9.90 Å². The lowest BCUT2D eigenvalue weighted by Gasteiger charge is -2.39. The predicted octanol–water partition coefficient (Wildman–Crippen LogP) is 3.08. The smallest absolute Gasteiger partial charge is 0.229 e. The van der Waals surface area contributed by atoms with Crippen LogP contribution in [0.5, 0.6) is 0 Å². The van der Waals surface area contributed by atoms with Crippen molar-refractivity contribution in [2.75, 3.05) is 29.9 Å². The van der Waals surface area contributed by atoms with E-state index < -0.39 is 5.60 Å². The van der Waals surface area contributed by atoms with Gasteiger partial charge in [0.25, 0.3) is 0 Å². The summed E-state index contributed by atoms with van der Waals surface area (Å²) in [5, 5.41) is 10.6. The van der Waals surface area contributed by atoms with Crippen molar-refractivity contribution in [3.05, 3.63) is 18.3 Å². The summed E-state index contributed by atoms with van der Waals surface area (Å²) in [7, 11) is 1.78. The molecule has 1 aromatic rings. The summed E-state index contributed by atoms with van der Waals surface area (Å²) in [6.07, 6.45) is 4.17. The monoisotopic (exact) mass is 333 g/mol. The molecule has 0 atom stereocenters. The number of rotatable bonds is 5. The zero-order valence-corrected chi connectivity index (χ0v) is 15.6. The molecule has 2 rings (SSSR count). The highest BCUT2D eigenvalue weighted by Gasteiger charge is 2.33. The topological polar surface area (TPSA) is 56.7 Å². The number of carbonyl (C=O) groups excluding carboxylic acids is 1. The van der Waals surface area contributed by atoms with E-state index in [1.165, 1.54) is 0 Å². The summed E-state index contributed by atoms with van der Waals surface area (Å²) in [6, 6.07) is 3.91. The van der Waals surface area contributed by atoms with Crippen LogP contribution in [0.1, 0.15) is 47.0 Å². The van der Waals surface area contributed by atoms with Crippen LogP contribution < -0.4 is 9.80 Å². The summed E-state index contributed by atoms with van der Waals surface area (Å²) in [6.45, 7) is 9.73. The van der Waals surface area contributed by atoms with E-state index >= 15 is 0 Å². The Labute approximate surface area is 145 Å². The highest BCUT2D eigenvalue weighted by atomic mass is 16.3. The van der Waals surface area contributed by atoms with Crippen molar-refractivity contribution in [3.8, 4) is 0 Å². The Kier molecular flexibility index (Phi) is 5.86. The molecule has 0 spiro atoms. The molecule has 1 saturated heterocycles. The van der Waals surface area contributed by atoms with Gasteiger partial charge in [-0.3, -0.25) is 4.79 Å². The molecule has 0 aliphatic carbocycles. The Morgan fingerprint density at radius 2 is 1.92 bits per heavy atom. The molecule has 0 radical (unpaired) electrons. The first-order valence-electron chi connectivity index (χ1n) is 8.93. The first-order valence-corrected chi connectivity index (χ1v) is 8.93. The van der Waals surface area contributed by atoms with Crippen LogP contribution in [-0.4, -0.2) is 41.7 Å². The minimum absolute atomic E-state index is 0.0320. The SMILES string of the molecule is CC(C)CC1(O)CCN(c2ccc(N(C)C(=O)C(C)C)cn2)CC1. The quantitative estimate of drug-likeness (QED) is 0.900. The highest BCUT2D eigenvalue weighted by Crippen LogP contribution is 2.31. The number of hydrogen-bond acceptors (Lipinski definition) is 4. The zero-order chi connectivity index (χ0) is 17.9. The largest absolute Gasteiger partial charge is 0.390 e. The number of aliphatic hydroxyl groups is 1. The number of aromatic nitrogens is 1. The normalized spacial score (nSPS) is 17.4. The van der Waals surface area contributed by atoms with Gasteiger partial charge in [0.2, 0.25) is 5.91 Å². The molecule has 24 heavy (non-hydrogen) atoms. The minimum atomic E-state index is -0.533. The van der Waals surface area contributed by atoms with Gasteiger partial charge in [-0.15, -0.1) is 0 Å². The van der Waals surface area contributed by atoms with E-state index in [0.717, 1.165) is 43.9 Å². The van der Waals surface area contributed by atoms with E-state index in [1.807, 2.05) is 26.0 Å². The fraction of sp³-hybridized carbons (Fsp3) is 0.684. The van der Waals surface area contributed by atoms with Crippen molar-refractivity contribution in [2.24, 2.45) is 11.8 Å². The van der Waals surface area contributed by atoms with Gasteiger partial charge in [-0.05, 0) is 37.3 Å². The molecule has 1 amide bonds. The molecule has 0 bridgehead atoms. The van der Waals surface area contributed by atoms with Gasteiger partial charge in [-0.1, -0.05) is 27.7 Å². The van der Waals surface area contributed by atoms with Crippen molar-refractivity contribution in [2.45, 2.75) is 52.6 Å². The van der Waals surface area contributed by atoms with Crippen LogP contribution in [0.25, 0.3) is 0 Å². The average molecular weight is 333 g/mol. The fourth-order valence-electron chi connectivity index (χ4n) is 3.39. The van der Waals surface area contributed by atoms with Gasteiger partial charge in [0.15, 0.2) is 0 Å². The van der Waals surface area contributed by atoms with Crippen LogP contribution in [-0.2, 0) is 4.79 Å². The van der Waals surface area contributed by atoms with Gasteiger partial charge in [0.1, 0.15) is 5.82 Å². The van der Waals surface area contributed by atoms with E-state index in [2.05, 4.69) is 23.7 Å². The van der Waals surface area contributed by atoms with Gasteiger partial charge < -0.3 is 14.9 Å². The molecule has 5 nitrogen and oxygen atoms in total. The Balaban J connectivity index is 1.99. The predicted molar refractivity (Wildman–Crippen MR) is 98.3 cm³/mol. The lowest BCUT2D eigenvalue weighted by atomic mass is 9.84. The second-order valence-corrected chi connectivity index (χ2v) is 7.74. The van der Waals surface area contributed by atoms with E-state index in [1.54, 1.807) is 18.1 Å². The molecule has 134 valence electrons. The summed E-state index contributed by atoms with van der Waals surface area (Å²) in [5.41, 5.74) is 0.278. The first kappa shape index (κ1) is 18.7. The number of carbonyl (C=O) groups is 1. The number of nitrogens with zero attached hydrogens (tertiary/aromatic N) is 3. The Morgan fingerprint density at radius 3 is 2.38 bits per heavy atom. The standard InChI is InChI=1S/C19H31N3O2/c1-14(2)12-19(24)8-10-22(11-9-19)17-7-6-16(13-20-17)21(5)18(23)15(3)4/h6-7,13-15,24H,8-12H2,1-5H3. The van der Waals surface area contributed by atoms with Crippen LogP contribution in [0.15, 0.2) is 18.3 Å². The average Bonchev–Trinajstić information content (AvgIpc) is 2.53. The molecule has 0 unspecified atom stereocenters. The molecule has 1 aliphatic heterocycles. The van der Waals surface area contributed by atoms with Crippen molar-refractivity contribution in [3.63, 3.8) is 0 Å². The first-order chi connectivity index (χ1) is 11.2. The summed E-state index contributed by atoms with van der Waals surface area (Å²) < 4.78 is 0. The van der Waals surface area contributed by atoms with Gasteiger partial charge in [-0.25, -0.2) is 4.98 Å². The third-order valence-electron chi connectivity index (χ3n) is 4.75.